The molecule has 0 bridgehead atoms. The summed E-state index contributed by atoms with van der Waals surface area (Å²) in [6, 6.07) is 16.8. The number of anilines is 1. The molecule has 1 atom stereocenters. The van der Waals surface area contributed by atoms with E-state index in [9.17, 15) is 9.59 Å². The maximum Gasteiger partial charge on any atom is 0.325 e. The number of halogens is 1. The van der Waals surface area contributed by atoms with Crippen LogP contribution >= 0.6 is 11.6 Å². The summed E-state index contributed by atoms with van der Waals surface area (Å²) in [5, 5.41) is 3.54. The molecule has 4 rings (SSSR count). The van der Waals surface area contributed by atoms with E-state index in [0.29, 0.717) is 13.1 Å². The number of carbonyl (C=O) groups excluding carboxylic acids is 2. The van der Waals surface area contributed by atoms with Crippen molar-refractivity contribution in [3.63, 3.8) is 0 Å². The summed E-state index contributed by atoms with van der Waals surface area (Å²) in [5.74, 6) is -0.147. The smallest absolute Gasteiger partial charge is 0.325 e. The maximum atomic E-state index is 12.7. The number of rotatable bonds is 5. The zero-order valence-electron chi connectivity index (χ0n) is 15.6. The summed E-state index contributed by atoms with van der Waals surface area (Å²) in [6.07, 6.45) is 0.518. The molecule has 28 heavy (non-hydrogen) atoms. The van der Waals surface area contributed by atoms with E-state index in [0.717, 1.165) is 42.5 Å². The maximum absolute atomic E-state index is 12.7. The SMILES string of the molecule is O=C1NC(Cc2ccccc2)C(=O)N1CN1CCN(c2cccc(Cl)c2)CC1. The number of piperazine rings is 1. The fraction of sp³-hybridized carbons (Fsp3) is 0.333. The lowest BCUT2D eigenvalue weighted by Gasteiger charge is -2.37. The van der Waals surface area contributed by atoms with E-state index >= 15 is 0 Å². The topological polar surface area (TPSA) is 55.9 Å². The minimum atomic E-state index is -0.484. The minimum Gasteiger partial charge on any atom is -0.369 e. The van der Waals surface area contributed by atoms with Crippen molar-refractivity contribution in [1.82, 2.24) is 15.1 Å². The van der Waals surface area contributed by atoms with Crippen LogP contribution < -0.4 is 10.2 Å². The Bertz CT molecular complexity index is 852. The number of nitrogens with zero attached hydrogens (tertiary/aromatic N) is 3. The first-order valence-corrected chi connectivity index (χ1v) is 9.86. The first-order valence-electron chi connectivity index (χ1n) is 9.49. The first kappa shape index (κ1) is 18.8. The van der Waals surface area contributed by atoms with Gasteiger partial charge in [-0.1, -0.05) is 48.0 Å². The van der Waals surface area contributed by atoms with Gasteiger partial charge in [0, 0.05) is 43.3 Å². The quantitative estimate of drug-likeness (QED) is 0.786. The molecule has 2 fully saturated rings. The largest absolute Gasteiger partial charge is 0.369 e. The Morgan fingerprint density at radius 3 is 2.43 bits per heavy atom. The van der Waals surface area contributed by atoms with Gasteiger partial charge < -0.3 is 10.2 Å². The molecule has 6 nitrogen and oxygen atoms in total. The van der Waals surface area contributed by atoms with Crippen molar-refractivity contribution in [1.29, 1.82) is 0 Å². The summed E-state index contributed by atoms with van der Waals surface area (Å²) >= 11 is 6.08. The van der Waals surface area contributed by atoms with Gasteiger partial charge in [-0.05, 0) is 23.8 Å². The number of carbonyl (C=O) groups is 2. The van der Waals surface area contributed by atoms with Crippen LogP contribution in [0.15, 0.2) is 54.6 Å². The van der Waals surface area contributed by atoms with Crippen molar-refractivity contribution in [2.45, 2.75) is 12.5 Å². The summed E-state index contributed by atoms with van der Waals surface area (Å²) in [7, 11) is 0. The van der Waals surface area contributed by atoms with Crippen LogP contribution in [0.2, 0.25) is 5.02 Å². The Morgan fingerprint density at radius 2 is 1.71 bits per heavy atom. The molecule has 0 radical (unpaired) electrons. The van der Waals surface area contributed by atoms with Crippen molar-refractivity contribution >= 4 is 29.2 Å². The summed E-state index contributed by atoms with van der Waals surface area (Å²) in [4.78, 5) is 30.8. The number of amides is 3. The van der Waals surface area contributed by atoms with Crippen molar-refractivity contribution in [2.24, 2.45) is 0 Å². The van der Waals surface area contributed by atoms with Gasteiger partial charge in [0.2, 0.25) is 0 Å². The molecule has 1 N–H and O–H groups in total. The fourth-order valence-corrected chi connectivity index (χ4v) is 3.90. The molecule has 2 heterocycles. The lowest BCUT2D eigenvalue weighted by molar-refractivity contribution is -0.129. The zero-order valence-corrected chi connectivity index (χ0v) is 16.3. The summed E-state index contributed by atoms with van der Waals surface area (Å²) in [6.45, 7) is 3.56. The number of nitrogens with one attached hydrogen (secondary N) is 1. The second kappa shape index (κ2) is 8.20. The van der Waals surface area contributed by atoms with E-state index in [1.807, 2.05) is 54.6 Å². The van der Waals surface area contributed by atoms with Crippen molar-refractivity contribution in [3.8, 4) is 0 Å². The monoisotopic (exact) mass is 398 g/mol. The zero-order chi connectivity index (χ0) is 19.5. The second-order valence-electron chi connectivity index (χ2n) is 7.18. The lowest BCUT2D eigenvalue weighted by atomic mass is 10.1. The van der Waals surface area contributed by atoms with Crippen LogP contribution in [0.1, 0.15) is 5.56 Å². The minimum absolute atomic E-state index is 0.147. The third kappa shape index (κ3) is 4.13. The fourth-order valence-electron chi connectivity index (χ4n) is 3.72. The summed E-state index contributed by atoms with van der Waals surface area (Å²) in [5.41, 5.74) is 2.14. The molecule has 2 aliphatic heterocycles. The Hall–Kier alpha value is -2.57. The molecule has 2 aromatic rings. The Kier molecular flexibility index (Phi) is 5.50. The number of urea groups is 1. The Labute approximate surface area is 169 Å². The van der Waals surface area contributed by atoms with Gasteiger partial charge in [-0.3, -0.25) is 9.69 Å². The van der Waals surface area contributed by atoms with Crippen LogP contribution in [0.4, 0.5) is 10.5 Å². The van der Waals surface area contributed by atoms with Crippen molar-refractivity contribution in [3.05, 3.63) is 65.2 Å². The van der Waals surface area contributed by atoms with Gasteiger partial charge in [-0.2, -0.15) is 0 Å². The average Bonchev–Trinajstić information content (AvgIpc) is 2.97. The van der Waals surface area contributed by atoms with Crippen LogP contribution in [0, 0.1) is 0 Å². The van der Waals surface area contributed by atoms with Crippen LogP contribution in [0.3, 0.4) is 0 Å². The van der Waals surface area contributed by atoms with E-state index in [1.165, 1.54) is 4.90 Å². The Balaban J connectivity index is 1.32. The van der Waals surface area contributed by atoms with Gasteiger partial charge >= 0.3 is 6.03 Å². The molecule has 146 valence electrons. The molecule has 7 heteroatoms. The van der Waals surface area contributed by atoms with E-state index in [1.54, 1.807) is 0 Å². The van der Waals surface area contributed by atoms with Gasteiger partial charge in [0.25, 0.3) is 5.91 Å². The molecular weight excluding hydrogens is 376 g/mol. The van der Waals surface area contributed by atoms with Crippen LogP contribution in [-0.2, 0) is 11.2 Å². The predicted molar refractivity (Wildman–Crippen MR) is 109 cm³/mol. The van der Waals surface area contributed by atoms with Crippen molar-refractivity contribution in [2.75, 3.05) is 37.7 Å². The lowest BCUT2D eigenvalue weighted by Crippen LogP contribution is -2.51. The van der Waals surface area contributed by atoms with Gasteiger partial charge in [0.15, 0.2) is 0 Å². The third-order valence-electron chi connectivity index (χ3n) is 5.28. The second-order valence-corrected chi connectivity index (χ2v) is 7.62. The predicted octanol–water partition coefficient (Wildman–Crippen LogP) is 2.58. The molecule has 0 saturated carbocycles. The number of imide groups is 1. The van der Waals surface area contributed by atoms with E-state index < -0.39 is 6.04 Å². The normalized spacial score (nSPS) is 20.5. The first-order chi connectivity index (χ1) is 13.6. The van der Waals surface area contributed by atoms with Crippen LogP contribution in [-0.4, -0.2) is 60.6 Å². The highest BCUT2D eigenvalue weighted by atomic mass is 35.5. The van der Waals surface area contributed by atoms with Gasteiger partial charge in [0.1, 0.15) is 6.04 Å². The average molecular weight is 399 g/mol. The molecule has 3 amide bonds. The molecule has 0 aliphatic carbocycles. The summed E-state index contributed by atoms with van der Waals surface area (Å²) < 4.78 is 0. The van der Waals surface area contributed by atoms with Crippen LogP contribution in [0.5, 0.6) is 0 Å². The van der Waals surface area contributed by atoms with Gasteiger partial charge in [0.05, 0.1) is 6.67 Å². The third-order valence-corrected chi connectivity index (χ3v) is 5.51. The molecular formula is C21H23ClN4O2. The molecule has 2 saturated heterocycles. The molecule has 0 spiro atoms. The van der Waals surface area contributed by atoms with E-state index in [2.05, 4.69) is 15.1 Å². The van der Waals surface area contributed by atoms with Crippen molar-refractivity contribution < 1.29 is 9.59 Å². The van der Waals surface area contributed by atoms with Gasteiger partial charge in [-0.15, -0.1) is 0 Å². The molecule has 2 aromatic carbocycles. The molecule has 1 unspecified atom stereocenters. The van der Waals surface area contributed by atoms with E-state index in [-0.39, 0.29) is 11.9 Å². The Morgan fingerprint density at radius 1 is 0.964 bits per heavy atom. The van der Waals surface area contributed by atoms with Crippen LogP contribution in [0.25, 0.3) is 0 Å². The number of hydrogen-bond acceptors (Lipinski definition) is 4. The highest BCUT2D eigenvalue weighted by molar-refractivity contribution is 6.30. The van der Waals surface area contributed by atoms with E-state index in [4.69, 9.17) is 11.6 Å². The molecule has 0 aromatic heterocycles. The highest BCUT2D eigenvalue weighted by Crippen LogP contribution is 2.21. The number of benzene rings is 2. The highest BCUT2D eigenvalue weighted by Gasteiger charge is 2.38. The molecule has 2 aliphatic rings. The number of hydrogen-bond donors (Lipinski definition) is 1. The van der Waals surface area contributed by atoms with Gasteiger partial charge in [-0.25, -0.2) is 9.69 Å². The standard InChI is InChI=1S/C21H23ClN4O2/c22-17-7-4-8-18(14-17)25-11-9-24(10-12-25)15-26-20(27)19(23-21(26)28)13-16-5-2-1-3-6-16/h1-8,14,19H,9-13,15H2,(H,23,28).